The normalized spacial score (nSPS) is 12.5. The fraction of sp³-hybridized carbons (Fsp3) is 0.250. The number of hydrazine groups is 1. The highest BCUT2D eigenvalue weighted by molar-refractivity contribution is 9.10. The molecule has 0 saturated heterocycles. The molecular weight excluding hydrogens is 319 g/mol. The van der Waals surface area contributed by atoms with Crippen molar-refractivity contribution < 1.29 is 4.39 Å². The number of nitrogens with one attached hydrogen (secondary N) is 1. The molecule has 0 fully saturated rings. The molecule has 0 bridgehead atoms. The van der Waals surface area contributed by atoms with Gasteiger partial charge in [0.15, 0.2) is 0 Å². The van der Waals surface area contributed by atoms with Gasteiger partial charge in [-0.1, -0.05) is 34.1 Å². The monoisotopic (exact) mass is 336 g/mol. The van der Waals surface area contributed by atoms with Gasteiger partial charge in [-0.3, -0.25) is 5.84 Å². The van der Waals surface area contributed by atoms with Gasteiger partial charge in [0, 0.05) is 10.0 Å². The highest BCUT2D eigenvalue weighted by Gasteiger charge is 2.19. The van der Waals surface area contributed by atoms with Crippen LogP contribution in [0.25, 0.3) is 0 Å². The Morgan fingerprint density at radius 2 is 1.80 bits per heavy atom. The van der Waals surface area contributed by atoms with Gasteiger partial charge in [0.1, 0.15) is 5.82 Å². The molecular formula is C16H18BrFN2. The van der Waals surface area contributed by atoms with E-state index in [0.717, 1.165) is 26.7 Å². The minimum absolute atomic E-state index is 0.231. The van der Waals surface area contributed by atoms with Crippen molar-refractivity contribution >= 4 is 15.9 Å². The first-order valence-electron chi connectivity index (χ1n) is 6.43. The molecule has 0 aromatic heterocycles. The van der Waals surface area contributed by atoms with Crippen LogP contribution in [0.2, 0.25) is 0 Å². The minimum Gasteiger partial charge on any atom is -0.271 e. The van der Waals surface area contributed by atoms with E-state index in [2.05, 4.69) is 21.4 Å². The third-order valence-corrected chi connectivity index (χ3v) is 4.34. The number of nitrogens with two attached hydrogens (primary N) is 1. The van der Waals surface area contributed by atoms with E-state index in [1.807, 2.05) is 45.0 Å². The molecule has 1 unspecified atom stereocenters. The third kappa shape index (κ3) is 2.92. The van der Waals surface area contributed by atoms with E-state index >= 15 is 0 Å². The molecule has 0 heterocycles. The lowest BCUT2D eigenvalue weighted by Crippen LogP contribution is -2.30. The van der Waals surface area contributed by atoms with Gasteiger partial charge in [-0.2, -0.15) is 0 Å². The van der Waals surface area contributed by atoms with Gasteiger partial charge in [-0.05, 0) is 55.2 Å². The second kappa shape index (κ2) is 6.04. The van der Waals surface area contributed by atoms with Crippen molar-refractivity contribution in [3.05, 3.63) is 68.4 Å². The zero-order valence-corrected chi connectivity index (χ0v) is 13.4. The first-order chi connectivity index (χ1) is 9.43. The Hall–Kier alpha value is -1.23. The van der Waals surface area contributed by atoms with Gasteiger partial charge in [0.05, 0.1) is 6.04 Å². The summed E-state index contributed by atoms with van der Waals surface area (Å²) in [7, 11) is 0. The lowest BCUT2D eigenvalue weighted by Gasteiger charge is -2.21. The van der Waals surface area contributed by atoms with Crippen molar-refractivity contribution in [2.45, 2.75) is 26.8 Å². The second-order valence-electron chi connectivity index (χ2n) is 5.09. The van der Waals surface area contributed by atoms with Crippen molar-refractivity contribution in [3.8, 4) is 0 Å². The van der Waals surface area contributed by atoms with Gasteiger partial charge in [0.25, 0.3) is 0 Å². The van der Waals surface area contributed by atoms with E-state index in [9.17, 15) is 4.39 Å². The van der Waals surface area contributed by atoms with E-state index in [1.165, 1.54) is 0 Å². The summed E-state index contributed by atoms with van der Waals surface area (Å²) in [6.45, 7) is 5.79. The molecule has 4 heteroatoms. The summed E-state index contributed by atoms with van der Waals surface area (Å²) in [5.41, 5.74) is 7.16. The molecule has 1 atom stereocenters. The molecule has 2 nitrogen and oxygen atoms in total. The van der Waals surface area contributed by atoms with Crippen LogP contribution in [0.3, 0.4) is 0 Å². The molecule has 0 aliphatic heterocycles. The number of benzene rings is 2. The standard InChI is InChI=1S/C16H18BrFN2/c1-9-6-11(3)15(14(18)7-9)16(20-19)12-4-5-13(17)10(2)8-12/h4-8,16,20H,19H2,1-3H3. The topological polar surface area (TPSA) is 38.0 Å². The molecule has 0 saturated carbocycles. The maximum Gasteiger partial charge on any atom is 0.128 e. The quantitative estimate of drug-likeness (QED) is 0.655. The Morgan fingerprint density at radius 3 is 2.35 bits per heavy atom. The molecule has 20 heavy (non-hydrogen) atoms. The van der Waals surface area contributed by atoms with Gasteiger partial charge in [-0.15, -0.1) is 0 Å². The summed E-state index contributed by atoms with van der Waals surface area (Å²) in [5.74, 6) is 5.44. The summed E-state index contributed by atoms with van der Waals surface area (Å²) in [4.78, 5) is 0. The predicted octanol–water partition coefficient (Wildman–Crippen LogP) is 4.07. The Balaban J connectivity index is 2.55. The summed E-state index contributed by atoms with van der Waals surface area (Å²) < 4.78 is 15.3. The fourth-order valence-corrected chi connectivity index (χ4v) is 2.73. The van der Waals surface area contributed by atoms with Crippen LogP contribution in [-0.4, -0.2) is 0 Å². The van der Waals surface area contributed by atoms with Crippen LogP contribution in [0.5, 0.6) is 0 Å². The summed E-state index contributed by atoms with van der Waals surface area (Å²) in [5, 5.41) is 0. The van der Waals surface area contributed by atoms with Gasteiger partial charge in [-0.25, -0.2) is 9.82 Å². The van der Waals surface area contributed by atoms with Crippen molar-refractivity contribution in [3.63, 3.8) is 0 Å². The highest BCUT2D eigenvalue weighted by atomic mass is 79.9. The average Bonchev–Trinajstić information content (AvgIpc) is 2.37. The molecule has 0 aliphatic carbocycles. The van der Waals surface area contributed by atoms with Crippen LogP contribution in [-0.2, 0) is 0 Å². The van der Waals surface area contributed by atoms with Crippen molar-refractivity contribution in [2.75, 3.05) is 0 Å². The fourth-order valence-electron chi connectivity index (χ4n) is 2.49. The van der Waals surface area contributed by atoms with Crippen molar-refractivity contribution in [1.29, 1.82) is 0 Å². The van der Waals surface area contributed by atoms with E-state index in [4.69, 9.17) is 5.84 Å². The number of halogens is 2. The van der Waals surface area contributed by atoms with Crippen LogP contribution < -0.4 is 11.3 Å². The minimum atomic E-state index is -0.359. The smallest absolute Gasteiger partial charge is 0.128 e. The summed E-state index contributed by atoms with van der Waals surface area (Å²) in [6.07, 6.45) is 0. The first-order valence-corrected chi connectivity index (χ1v) is 7.22. The largest absolute Gasteiger partial charge is 0.271 e. The Morgan fingerprint density at radius 1 is 1.10 bits per heavy atom. The number of aryl methyl sites for hydroxylation is 3. The van der Waals surface area contributed by atoms with Gasteiger partial charge in [0.2, 0.25) is 0 Å². The molecule has 0 radical (unpaired) electrons. The lowest BCUT2D eigenvalue weighted by molar-refractivity contribution is 0.556. The van der Waals surface area contributed by atoms with E-state index in [-0.39, 0.29) is 11.9 Å². The maximum absolute atomic E-state index is 14.3. The molecule has 2 rings (SSSR count). The first kappa shape index (κ1) is 15.2. The van der Waals surface area contributed by atoms with Crippen molar-refractivity contribution in [1.82, 2.24) is 5.43 Å². The van der Waals surface area contributed by atoms with Crippen LogP contribution in [0, 0.1) is 26.6 Å². The second-order valence-corrected chi connectivity index (χ2v) is 5.94. The highest BCUT2D eigenvalue weighted by Crippen LogP contribution is 2.29. The van der Waals surface area contributed by atoms with E-state index < -0.39 is 0 Å². The zero-order chi connectivity index (χ0) is 14.9. The summed E-state index contributed by atoms with van der Waals surface area (Å²) in [6, 6.07) is 9.05. The molecule has 106 valence electrons. The van der Waals surface area contributed by atoms with Gasteiger partial charge >= 0.3 is 0 Å². The average molecular weight is 337 g/mol. The lowest BCUT2D eigenvalue weighted by atomic mass is 9.93. The number of rotatable bonds is 3. The number of hydrogen-bond donors (Lipinski definition) is 2. The molecule has 0 spiro atoms. The van der Waals surface area contributed by atoms with E-state index in [1.54, 1.807) is 6.07 Å². The van der Waals surface area contributed by atoms with Gasteiger partial charge < -0.3 is 0 Å². The Kier molecular flexibility index (Phi) is 4.58. The van der Waals surface area contributed by atoms with Crippen LogP contribution in [0.15, 0.2) is 34.8 Å². The third-order valence-electron chi connectivity index (χ3n) is 3.45. The molecule has 0 amide bonds. The predicted molar refractivity (Wildman–Crippen MR) is 83.9 cm³/mol. The van der Waals surface area contributed by atoms with E-state index in [0.29, 0.717) is 5.56 Å². The molecule has 2 aromatic carbocycles. The molecule has 2 aromatic rings. The molecule has 3 N–H and O–H groups in total. The van der Waals surface area contributed by atoms with Crippen LogP contribution in [0.4, 0.5) is 4.39 Å². The molecule has 0 aliphatic rings. The van der Waals surface area contributed by atoms with Crippen LogP contribution >= 0.6 is 15.9 Å². The van der Waals surface area contributed by atoms with Crippen LogP contribution in [0.1, 0.15) is 33.9 Å². The zero-order valence-electron chi connectivity index (χ0n) is 11.8. The number of hydrogen-bond acceptors (Lipinski definition) is 2. The Labute approximate surface area is 127 Å². The Bertz CT molecular complexity index is 617. The summed E-state index contributed by atoms with van der Waals surface area (Å²) >= 11 is 3.47. The van der Waals surface area contributed by atoms with Crippen molar-refractivity contribution in [2.24, 2.45) is 5.84 Å². The SMILES string of the molecule is Cc1cc(C)c(C(NN)c2ccc(Br)c(C)c2)c(F)c1. The maximum atomic E-state index is 14.3.